The summed E-state index contributed by atoms with van der Waals surface area (Å²) in [5, 5.41) is 11.1. The molecule has 0 radical (unpaired) electrons. The lowest BCUT2D eigenvalue weighted by Crippen LogP contribution is -2.26. The minimum absolute atomic E-state index is 0.146. The van der Waals surface area contributed by atoms with Gasteiger partial charge >= 0.3 is 0 Å². The van der Waals surface area contributed by atoms with E-state index in [0.29, 0.717) is 0 Å². The average Bonchev–Trinajstić information content (AvgIpc) is 2.35. The quantitative estimate of drug-likeness (QED) is 0.335. The Hall–Kier alpha value is -1.49. The van der Waals surface area contributed by atoms with Crippen molar-refractivity contribution >= 4 is 23.4 Å². The van der Waals surface area contributed by atoms with Crippen molar-refractivity contribution in [2.45, 2.75) is 31.1 Å². The third kappa shape index (κ3) is 4.28. The van der Waals surface area contributed by atoms with Crippen molar-refractivity contribution in [3.8, 4) is 0 Å². The maximum atomic E-state index is 7.06. The monoisotopic (exact) mass is 276 g/mol. The highest BCUT2D eigenvalue weighted by atomic mass is 32.2. The van der Waals surface area contributed by atoms with Gasteiger partial charge in [-0.2, -0.15) is 5.10 Å². The zero-order valence-electron chi connectivity index (χ0n) is 11.1. The van der Waals surface area contributed by atoms with Crippen molar-refractivity contribution in [2.75, 3.05) is 5.75 Å². The Morgan fingerprint density at radius 3 is 2.63 bits per heavy atom. The highest BCUT2D eigenvalue weighted by molar-refractivity contribution is 7.99. The normalized spacial score (nSPS) is 15.9. The summed E-state index contributed by atoms with van der Waals surface area (Å²) < 4.78 is 0. The number of hydrogen-bond acceptors (Lipinski definition) is 3. The van der Waals surface area contributed by atoms with Gasteiger partial charge in [-0.15, -0.1) is 11.8 Å². The highest BCUT2D eigenvalue weighted by Crippen LogP contribution is 2.32. The smallest absolute Gasteiger partial charge is 0.206 e. The van der Waals surface area contributed by atoms with Gasteiger partial charge in [-0.3, -0.25) is 5.41 Å². The molecule has 1 aliphatic carbocycles. The van der Waals surface area contributed by atoms with E-state index in [0.717, 1.165) is 17.2 Å². The highest BCUT2D eigenvalue weighted by Gasteiger charge is 2.17. The van der Waals surface area contributed by atoms with Crippen molar-refractivity contribution in [2.24, 2.45) is 16.8 Å². The number of thioether (sulfide) groups is 1. The summed E-state index contributed by atoms with van der Waals surface area (Å²) in [5.41, 5.74) is 9.52. The molecule has 1 aromatic carbocycles. The van der Waals surface area contributed by atoms with Crippen LogP contribution in [0.15, 0.2) is 34.3 Å². The first-order valence-electron chi connectivity index (χ1n) is 6.52. The molecule has 0 amide bonds. The van der Waals surface area contributed by atoms with E-state index in [1.165, 1.54) is 29.9 Å². The number of rotatable bonds is 5. The van der Waals surface area contributed by atoms with Crippen LogP contribution in [-0.2, 0) is 0 Å². The second-order valence-corrected chi connectivity index (χ2v) is 5.95. The molecule has 102 valence electrons. The van der Waals surface area contributed by atoms with Gasteiger partial charge in [0.2, 0.25) is 5.96 Å². The van der Waals surface area contributed by atoms with E-state index in [-0.39, 0.29) is 5.96 Å². The number of nitrogens with one attached hydrogen (secondary N) is 2. The van der Waals surface area contributed by atoms with Crippen LogP contribution in [-0.4, -0.2) is 17.4 Å². The number of benzene rings is 1. The molecule has 0 aromatic heterocycles. The van der Waals surface area contributed by atoms with Crippen LogP contribution in [0.4, 0.5) is 0 Å². The summed E-state index contributed by atoms with van der Waals surface area (Å²) in [6.07, 6.45) is 4.20. The molecule has 5 heteroatoms. The van der Waals surface area contributed by atoms with Gasteiger partial charge < -0.3 is 5.73 Å². The lowest BCUT2D eigenvalue weighted by Gasteiger charge is -2.24. The van der Waals surface area contributed by atoms with Crippen LogP contribution in [0.25, 0.3) is 0 Å². The summed E-state index contributed by atoms with van der Waals surface area (Å²) in [5.74, 6) is 2.01. The van der Waals surface area contributed by atoms with E-state index in [1.807, 2.05) is 18.7 Å². The lowest BCUT2D eigenvalue weighted by atomic mass is 9.87. The van der Waals surface area contributed by atoms with E-state index in [4.69, 9.17) is 11.1 Å². The molecule has 1 aromatic rings. The van der Waals surface area contributed by atoms with Gasteiger partial charge in [0.1, 0.15) is 0 Å². The largest absolute Gasteiger partial charge is 0.369 e. The Morgan fingerprint density at radius 2 is 2.11 bits per heavy atom. The predicted molar refractivity (Wildman–Crippen MR) is 81.8 cm³/mol. The van der Waals surface area contributed by atoms with E-state index in [1.54, 1.807) is 0 Å². The van der Waals surface area contributed by atoms with E-state index >= 15 is 0 Å². The summed E-state index contributed by atoms with van der Waals surface area (Å²) in [7, 11) is 0. The zero-order chi connectivity index (χ0) is 13.7. The molecule has 19 heavy (non-hydrogen) atoms. The van der Waals surface area contributed by atoms with Gasteiger partial charge in [0.05, 0.1) is 5.71 Å². The van der Waals surface area contributed by atoms with Gasteiger partial charge in [-0.05, 0) is 43.4 Å². The minimum Gasteiger partial charge on any atom is -0.369 e. The van der Waals surface area contributed by atoms with Crippen LogP contribution >= 0.6 is 11.8 Å². The maximum Gasteiger partial charge on any atom is 0.206 e. The lowest BCUT2D eigenvalue weighted by molar-refractivity contribution is 0.353. The van der Waals surface area contributed by atoms with Crippen LogP contribution in [0.3, 0.4) is 0 Å². The Kier molecular flexibility index (Phi) is 4.85. The molecule has 0 bridgehead atoms. The third-order valence-corrected chi connectivity index (χ3v) is 4.57. The number of hydrogen-bond donors (Lipinski definition) is 3. The molecule has 0 atom stereocenters. The number of nitrogens with two attached hydrogens (primary N) is 1. The Bertz CT molecular complexity index is 463. The van der Waals surface area contributed by atoms with E-state index in [2.05, 4.69) is 34.8 Å². The molecule has 2 rings (SSSR count). The average molecular weight is 276 g/mol. The fourth-order valence-corrected chi connectivity index (χ4v) is 2.96. The Labute approximate surface area is 118 Å². The third-order valence-electron chi connectivity index (χ3n) is 3.33. The van der Waals surface area contributed by atoms with Crippen LogP contribution < -0.4 is 11.2 Å². The molecule has 4 N–H and O–H groups in total. The van der Waals surface area contributed by atoms with Crippen molar-refractivity contribution in [3.63, 3.8) is 0 Å². The Balaban J connectivity index is 1.89. The molecule has 0 spiro atoms. The standard InChI is InChI=1S/C14H20N4S/c1-10(17-18-14(15)16)12-5-7-13(8-6-12)19-9-11-3-2-4-11/h5-8,11H,2-4,9H2,1H3,(H4,15,16,18). The first-order chi connectivity index (χ1) is 9.15. The molecule has 4 nitrogen and oxygen atoms in total. The van der Waals surface area contributed by atoms with Crippen molar-refractivity contribution in [1.29, 1.82) is 5.41 Å². The molecule has 1 fully saturated rings. The fourth-order valence-electron chi connectivity index (χ4n) is 1.87. The molecule has 1 aliphatic rings. The molecule has 0 saturated heterocycles. The second-order valence-electron chi connectivity index (χ2n) is 4.86. The van der Waals surface area contributed by atoms with Gasteiger partial charge in [0.25, 0.3) is 0 Å². The van der Waals surface area contributed by atoms with Gasteiger partial charge in [0, 0.05) is 10.6 Å². The van der Waals surface area contributed by atoms with Gasteiger partial charge in [-0.25, -0.2) is 5.43 Å². The van der Waals surface area contributed by atoms with E-state index < -0.39 is 0 Å². The maximum absolute atomic E-state index is 7.06. The molecular weight excluding hydrogens is 256 g/mol. The topological polar surface area (TPSA) is 74.3 Å². The van der Waals surface area contributed by atoms with Gasteiger partial charge in [-0.1, -0.05) is 18.6 Å². The van der Waals surface area contributed by atoms with Crippen LogP contribution in [0.1, 0.15) is 31.7 Å². The van der Waals surface area contributed by atoms with Gasteiger partial charge in [0.15, 0.2) is 0 Å². The molecule has 1 saturated carbocycles. The van der Waals surface area contributed by atoms with Crippen LogP contribution in [0.2, 0.25) is 0 Å². The number of guanidine groups is 1. The van der Waals surface area contributed by atoms with Crippen molar-refractivity contribution < 1.29 is 0 Å². The van der Waals surface area contributed by atoms with Crippen LogP contribution in [0.5, 0.6) is 0 Å². The van der Waals surface area contributed by atoms with E-state index in [9.17, 15) is 0 Å². The number of hydrazone groups is 1. The summed E-state index contributed by atoms with van der Waals surface area (Å²) in [6, 6.07) is 8.38. The zero-order valence-corrected chi connectivity index (χ0v) is 12.0. The second kappa shape index (κ2) is 6.61. The van der Waals surface area contributed by atoms with Crippen LogP contribution in [0, 0.1) is 11.3 Å². The van der Waals surface area contributed by atoms with Crippen molar-refractivity contribution in [1.82, 2.24) is 5.43 Å². The summed E-state index contributed by atoms with van der Waals surface area (Å²) in [4.78, 5) is 1.31. The van der Waals surface area contributed by atoms with Crippen molar-refractivity contribution in [3.05, 3.63) is 29.8 Å². The Morgan fingerprint density at radius 1 is 1.42 bits per heavy atom. The predicted octanol–water partition coefficient (Wildman–Crippen LogP) is 2.79. The number of nitrogens with zero attached hydrogens (tertiary/aromatic N) is 1. The minimum atomic E-state index is -0.146. The summed E-state index contributed by atoms with van der Waals surface area (Å²) >= 11 is 1.93. The SMILES string of the molecule is CC(=NNC(=N)N)c1ccc(SCC2CCC2)cc1. The molecule has 0 unspecified atom stereocenters. The molecular formula is C14H20N4S. The molecule has 0 heterocycles. The first kappa shape index (κ1) is 13.9. The molecule has 0 aliphatic heterocycles. The fraction of sp³-hybridized carbons (Fsp3) is 0.429. The summed E-state index contributed by atoms with van der Waals surface area (Å²) in [6.45, 7) is 1.90. The first-order valence-corrected chi connectivity index (χ1v) is 7.51.